The molecule has 104 valence electrons. The van der Waals surface area contributed by atoms with Gasteiger partial charge in [-0.1, -0.05) is 42.5 Å². The summed E-state index contributed by atoms with van der Waals surface area (Å²) >= 11 is 0. The van der Waals surface area contributed by atoms with Gasteiger partial charge in [0.15, 0.2) is 0 Å². The summed E-state index contributed by atoms with van der Waals surface area (Å²) in [5.41, 5.74) is 1.97. The molecule has 2 aromatic carbocycles. The number of hydrogen-bond acceptors (Lipinski definition) is 2. The van der Waals surface area contributed by atoms with E-state index in [1.807, 2.05) is 0 Å². The first kappa shape index (κ1) is 13.3. The van der Waals surface area contributed by atoms with E-state index in [1.165, 1.54) is 6.07 Å². The van der Waals surface area contributed by atoms with Crippen molar-refractivity contribution in [3.63, 3.8) is 0 Å². The van der Waals surface area contributed by atoms with Gasteiger partial charge in [0.1, 0.15) is 10.6 Å². The Morgan fingerprint density at radius 2 is 1.75 bits per heavy atom. The minimum absolute atomic E-state index is 0.288. The predicted molar refractivity (Wildman–Crippen MR) is 76.1 cm³/mol. The first-order chi connectivity index (χ1) is 9.44. The molecular formula is C15H14FNO2S. The van der Waals surface area contributed by atoms with Crippen molar-refractivity contribution < 1.29 is 12.8 Å². The van der Waals surface area contributed by atoms with Gasteiger partial charge in [0.2, 0.25) is 10.0 Å². The van der Waals surface area contributed by atoms with Crippen molar-refractivity contribution in [2.45, 2.75) is 11.7 Å². The first-order valence-electron chi connectivity index (χ1n) is 6.29. The molecule has 0 saturated carbocycles. The van der Waals surface area contributed by atoms with Crippen molar-refractivity contribution in [2.75, 3.05) is 6.54 Å². The van der Waals surface area contributed by atoms with Gasteiger partial charge in [0, 0.05) is 12.1 Å². The quantitative estimate of drug-likeness (QED) is 0.924. The third-order valence-corrected chi connectivity index (χ3v) is 5.96. The molecule has 0 aliphatic carbocycles. The van der Waals surface area contributed by atoms with E-state index in [0.717, 1.165) is 11.1 Å². The van der Waals surface area contributed by atoms with Crippen molar-refractivity contribution in [1.82, 2.24) is 4.72 Å². The third-order valence-electron chi connectivity index (χ3n) is 3.87. The zero-order valence-corrected chi connectivity index (χ0v) is 11.7. The van der Waals surface area contributed by atoms with E-state index in [-0.39, 0.29) is 5.82 Å². The highest BCUT2D eigenvalue weighted by Gasteiger charge is 2.49. The Bertz CT molecular complexity index is 756. The third kappa shape index (κ3) is 1.85. The van der Waals surface area contributed by atoms with Gasteiger partial charge in [0.05, 0.1) is 0 Å². The summed E-state index contributed by atoms with van der Waals surface area (Å²) in [6.45, 7) is 2.09. The molecule has 0 radical (unpaired) electrons. The molecule has 20 heavy (non-hydrogen) atoms. The molecule has 1 N–H and O–H groups in total. The molecule has 5 heteroatoms. The zero-order valence-electron chi connectivity index (χ0n) is 10.9. The van der Waals surface area contributed by atoms with Gasteiger partial charge in [0.25, 0.3) is 0 Å². The average Bonchev–Trinajstić information content (AvgIpc) is 2.46. The van der Waals surface area contributed by atoms with Crippen LogP contribution in [0.5, 0.6) is 0 Å². The van der Waals surface area contributed by atoms with Crippen molar-refractivity contribution in [1.29, 1.82) is 0 Å². The molecule has 2 aromatic rings. The fourth-order valence-corrected chi connectivity index (χ4v) is 3.62. The Morgan fingerprint density at radius 3 is 2.25 bits per heavy atom. The number of sulfonamides is 1. The Morgan fingerprint density at radius 1 is 1.10 bits per heavy atom. The summed E-state index contributed by atoms with van der Waals surface area (Å²) in [5.74, 6) is -0.288. The van der Waals surface area contributed by atoms with E-state index in [4.69, 9.17) is 0 Å². The lowest BCUT2D eigenvalue weighted by Crippen LogP contribution is -2.59. The standard InChI is InChI=1S/C15H14FNO2S/c1-15(10-17-20(15,18)19)12-8-6-11(7-9-12)13-4-2-3-5-14(13)16/h2-9,17H,10H2,1H3. The summed E-state index contributed by atoms with van der Waals surface area (Å²) in [4.78, 5) is 0. The molecule has 1 saturated heterocycles. The summed E-state index contributed by atoms with van der Waals surface area (Å²) in [7, 11) is -3.28. The van der Waals surface area contributed by atoms with Crippen molar-refractivity contribution in [2.24, 2.45) is 0 Å². The lowest BCUT2D eigenvalue weighted by molar-refractivity contribution is 0.470. The van der Waals surface area contributed by atoms with Gasteiger partial charge in [-0.2, -0.15) is 0 Å². The van der Waals surface area contributed by atoms with E-state index in [2.05, 4.69) is 4.72 Å². The highest BCUT2D eigenvalue weighted by atomic mass is 32.2. The second-order valence-electron chi connectivity index (χ2n) is 5.11. The van der Waals surface area contributed by atoms with Crippen LogP contribution in [0.2, 0.25) is 0 Å². The fourth-order valence-electron chi connectivity index (χ4n) is 2.36. The molecule has 1 heterocycles. The monoisotopic (exact) mass is 291 g/mol. The minimum Gasteiger partial charge on any atom is -0.212 e. The van der Waals surface area contributed by atoms with Crippen LogP contribution in [0.15, 0.2) is 48.5 Å². The maximum atomic E-state index is 13.7. The van der Waals surface area contributed by atoms with Crippen molar-refractivity contribution in [3.8, 4) is 11.1 Å². The van der Waals surface area contributed by atoms with Gasteiger partial charge in [-0.25, -0.2) is 17.5 Å². The minimum atomic E-state index is -3.28. The number of nitrogens with one attached hydrogen (secondary N) is 1. The topological polar surface area (TPSA) is 46.2 Å². The van der Waals surface area contributed by atoms with Gasteiger partial charge in [-0.05, 0) is 24.1 Å². The number of halogens is 1. The molecule has 0 amide bonds. The SMILES string of the molecule is CC1(c2ccc(-c3ccccc3F)cc2)CNS1(=O)=O. The number of rotatable bonds is 2. The van der Waals surface area contributed by atoms with Crippen LogP contribution >= 0.6 is 0 Å². The lowest BCUT2D eigenvalue weighted by atomic mass is 9.96. The summed E-state index contributed by atoms with van der Waals surface area (Å²) < 4.78 is 38.8. The first-order valence-corrected chi connectivity index (χ1v) is 7.77. The number of hydrogen-bond donors (Lipinski definition) is 1. The molecule has 1 aliphatic rings. The summed E-state index contributed by atoms with van der Waals surface area (Å²) in [6, 6.07) is 13.5. The Kier molecular flexibility index (Phi) is 2.92. The molecule has 1 atom stereocenters. The van der Waals surface area contributed by atoms with Crippen LogP contribution in [-0.4, -0.2) is 15.0 Å². The van der Waals surface area contributed by atoms with Gasteiger partial charge in [-0.15, -0.1) is 0 Å². The van der Waals surface area contributed by atoms with Gasteiger partial charge in [-0.3, -0.25) is 0 Å². The van der Waals surface area contributed by atoms with Crippen LogP contribution in [0, 0.1) is 5.82 Å². The van der Waals surface area contributed by atoms with Gasteiger partial charge < -0.3 is 0 Å². The lowest BCUT2D eigenvalue weighted by Gasteiger charge is -2.38. The van der Waals surface area contributed by atoms with Crippen LogP contribution in [0.1, 0.15) is 12.5 Å². The van der Waals surface area contributed by atoms with E-state index in [1.54, 1.807) is 49.4 Å². The van der Waals surface area contributed by atoms with Crippen molar-refractivity contribution >= 4 is 10.0 Å². The molecule has 3 rings (SSSR count). The molecule has 0 bridgehead atoms. The predicted octanol–water partition coefficient (Wildman–Crippen LogP) is 2.64. The molecule has 1 aliphatic heterocycles. The van der Waals surface area contributed by atoms with E-state index < -0.39 is 14.8 Å². The van der Waals surface area contributed by atoms with Crippen molar-refractivity contribution in [3.05, 3.63) is 59.9 Å². The van der Waals surface area contributed by atoms with E-state index >= 15 is 0 Å². The second kappa shape index (κ2) is 4.40. The molecule has 0 aromatic heterocycles. The molecule has 3 nitrogen and oxygen atoms in total. The number of benzene rings is 2. The van der Waals surface area contributed by atoms with Crippen LogP contribution in [0.4, 0.5) is 4.39 Å². The molecular weight excluding hydrogens is 277 g/mol. The Balaban J connectivity index is 1.99. The summed E-state index contributed by atoms with van der Waals surface area (Å²) in [5, 5.41) is 0. The van der Waals surface area contributed by atoms with Crippen LogP contribution in [0.3, 0.4) is 0 Å². The Hall–Kier alpha value is -1.72. The van der Waals surface area contributed by atoms with E-state index in [9.17, 15) is 12.8 Å². The Labute approximate surface area is 117 Å². The molecule has 0 spiro atoms. The normalized spacial score (nSPS) is 24.1. The smallest absolute Gasteiger partial charge is 0.212 e. The summed E-state index contributed by atoms with van der Waals surface area (Å²) in [6.07, 6.45) is 0. The zero-order chi connectivity index (χ0) is 14.4. The average molecular weight is 291 g/mol. The highest BCUT2D eigenvalue weighted by Crippen LogP contribution is 2.36. The molecule has 1 unspecified atom stereocenters. The fraction of sp³-hybridized carbons (Fsp3) is 0.200. The van der Waals surface area contributed by atoms with Crippen LogP contribution in [0.25, 0.3) is 11.1 Å². The van der Waals surface area contributed by atoms with Crippen LogP contribution < -0.4 is 4.72 Å². The van der Waals surface area contributed by atoms with Gasteiger partial charge >= 0.3 is 0 Å². The second-order valence-corrected chi connectivity index (χ2v) is 7.31. The highest BCUT2D eigenvalue weighted by molar-refractivity contribution is 7.91. The largest absolute Gasteiger partial charge is 0.222 e. The maximum absolute atomic E-state index is 13.7. The van der Waals surface area contributed by atoms with E-state index in [0.29, 0.717) is 12.1 Å². The van der Waals surface area contributed by atoms with Crippen LogP contribution in [-0.2, 0) is 14.8 Å². The molecule has 1 fully saturated rings. The maximum Gasteiger partial charge on any atom is 0.222 e.